The van der Waals surface area contributed by atoms with E-state index in [0.717, 1.165) is 12.1 Å². The number of benzene rings is 1. The third kappa shape index (κ3) is 3.77. The number of alkyl halides is 1. The van der Waals surface area contributed by atoms with Crippen molar-refractivity contribution in [2.24, 2.45) is 0 Å². The van der Waals surface area contributed by atoms with Gasteiger partial charge in [-0.1, -0.05) is 15.9 Å². The first-order valence-corrected chi connectivity index (χ1v) is 6.14. The molecule has 0 aromatic heterocycles. The average molecular weight is 307 g/mol. The minimum atomic E-state index is -0.761. The Kier molecular flexibility index (Phi) is 4.25. The van der Waals surface area contributed by atoms with Crippen LogP contribution < -0.4 is 0 Å². The standard InChI is InChI=1S/C12H13BrF2O2/c1-12(2,3)17-11(16)7-4-9(14)8(6-13)10(15)5-7/h4-5H,6H2,1-3H3. The highest BCUT2D eigenvalue weighted by atomic mass is 79.9. The summed E-state index contributed by atoms with van der Waals surface area (Å²) in [6, 6.07) is 1.96. The molecule has 94 valence electrons. The predicted molar refractivity (Wildman–Crippen MR) is 64.2 cm³/mol. The summed E-state index contributed by atoms with van der Waals surface area (Å²) in [6.45, 7) is 5.05. The summed E-state index contributed by atoms with van der Waals surface area (Å²) in [6.07, 6.45) is 0. The second-order valence-electron chi connectivity index (χ2n) is 4.55. The van der Waals surface area contributed by atoms with Gasteiger partial charge in [-0.3, -0.25) is 0 Å². The van der Waals surface area contributed by atoms with Crippen LogP contribution in [0.1, 0.15) is 36.7 Å². The molecule has 0 aliphatic rings. The lowest BCUT2D eigenvalue weighted by Gasteiger charge is -2.19. The Bertz CT molecular complexity index is 416. The molecule has 0 bridgehead atoms. The van der Waals surface area contributed by atoms with Crippen molar-refractivity contribution >= 4 is 21.9 Å². The molecule has 1 rings (SSSR count). The van der Waals surface area contributed by atoms with Gasteiger partial charge in [0, 0.05) is 10.9 Å². The fourth-order valence-electron chi connectivity index (χ4n) is 1.19. The second kappa shape index (κ2) is 5.12. The molecule has 2 nitrogen and oxygen atoms in total. The van der Waals surface area contributed by atoms with Gasteiger partial charge in [0.1, 0.15) is 17.2 Å². The van der Waals surface area contributed by atoms with Crippen molar-refractivity contribution in [3.05, 3.63) is 34.9 Å². The Balaban J connectivity index is 3.05. The molecule has 0 radical (unpaired) electrons. The molecule has 0 heterocycles. The Hall–Kier alpha value is -0.970. The fraction of sp³-hybridized carbons (Fsp3) is 0.417. The summed E-state index contributed by atoms with van der Waals surface area (Å²) in [7, 11) is 0. The lowest BCUT2D eigenvalue weighted by molar-refractivity contribution is 0.00684. The number of esters is 1. The van der Waals surface area contributed by atoms with Crippen molar-refractivity contribution in [2.45, 2.75) is 31.7 Å². The molecule has 0 saturated carbocycles. The van der Waals surface area contributed by atoms with E-state index in [1.807, 2.05) is 0 Å². The molecule has 0 aliphatic heterocycles. The lowest BCUT2D eigenvalue weighted by atomic mass is 10.1. The van der Waals surface area contributed by atoms with Gasteiger partial charge in [0.05, 0.1) is 5.56 Å². The second-order valence-corrected chi connectivity index (χ2v) is 5.11. The van der Waals surface area contributed by atoms with Gasteiger partial charge < -0.3 is 4.74 Å². The average Bonchev–Trinajstić information content (AvgIpc) is 2.14. The van der Waals surface area contributed by atoms with Crippen molar-refractivity contribution < 1.29 is 18.3 Å². The van der Waals surface area contributed by atoms with E-state index in [4.69, 9.17) is 4.74 Å². The Morgan fingerprint density at radius 2 is 1.76 bits per heavy atom. The third-order valence-corrected chi connectivity index (χ3v) is 2.47. The topological polar surface area (TPSA) is 26.3 Å². The Morgan fingerprint density at radius 1 is 1.29 bits per heavy atom. The summed E-state index contributed by atoms with van der Waals surface area (Å²) in [5, 5.41) is 0.0548. The van der Waals surface area contributed by atoms with E-state index < -0.39 is 23.2 Å². The molecular weight excluding hydrogens is 294 g/mol. The van der Waals surface area contributed by atoms with Gasteiger partial charge >= 0.3 is 5.97 Å². The van der Waals surface area contributed by atoms with Gasteiger partial charge in [0.25, 0.3) is 0 Å². The molecule has 0 atom stereocenters. The van der Waals surface area contributed by atoms with Crippen LogP contribution in [0.25, 0.3) is 0 Å². The zero-order valence-corrected chi connectivity index (χ0v) is 11.4. The lowest BCUT2D eigenvalue weighted by Crippen LogP contribution is -2.24. The first-order valence-electron chi connectivity index (χ1n) is 5.02. The first kappa shape index (κ1) is 14.1. The van der Waals surface area contributed by atoms with Gasteiger partial charge in [0.2, 0.25) is 0 Å². The van der Waals surface area contributed by atoms with E-state index in [9.17, 15) is 13.6 Å². The zero-order valence-electron chi connectivity index (χ0n) is 9.81. The molecular formula is C12H13BrF2O2. The Labute approximate surface area is 107 Å². The largest absolute Gasteiger partial charge is 0.456 e. The van der Waals surface area contributed by atoms with Crippen LogP contribution in [0.3, 0.4) is 0 Å². The van der Waals surface area contributed by atoms with Crippen LogP contribution in [0, 0.1) is 11.6 Å². The van der Waals surface area contributed by atoms with Gasteiger partial charge in [-0.2, -0.15) is 0 Å². The van der Waals surface area contributed by atoms with Crippen LogP contribution in [0.15, 0.2) is 12.1 Å². The number of rotatable bonds is 2. The van der Waals surface area contributed by atoms with E-state index in [1.54, 1.807) is 20.8 Å². The number of hydrogen-bond acceptors (Lipinski definition) is 2. The van der Waals surface area contributed by atoms with Crippen molar-refractivity contribution in [1.82, 2.24) is 0 Å². The molecule has 0 unspecified atom stereocenters. The summed E-state index contributed by atoms with van der Waals surface area (Å²) >= 11 is 2.97. The van der Waals surface area contributed by atoms with Crippen molar-refractivity contribution in [3.8, 4) is 0 Å². The fourth-order valence-corrected chi connectivity index (χ4v) is 1.72. The number of halogens is 3. The summed E-state index contributed by atoms with van der Waals surface area (Å²) in [5.41, 5.74) is -0.921. The zero-order chi connectivity index (χ0) is 13.2. The number of hydrogen-bond donors (Lipinski definition) is 0. The van der Waals surface area contributed by atoms with E-state index in [2.05, 4.69) is 15.9 Å². The van der Waals surface area contributed by atoms with Crippen LogP contribution in [-0.4, -0.2) is 11.6 Å². The normalized spacial score (nSPS) is 11.4. The van der Waals surface area contributed by atoms with Gasteiger partial charge in [-0.05, 0) is 32.9 Å². The molecule has 1 aromatic carbocycles. The first-order chi connectivity index (χ1) is 7.74. The number of carbonyl (C=O) groups excluding carboxylic acids is 1. The highest BCUT2D eigenvalue weighted by Crippen LogP contribution is 2.20. The number of ether oxygens (including phenoxy) is 1. The van der Waals surface area contributed by atoms with Crippen LogP contribution >= 0.6 is 15.9 Å². The maximum absolute atomic E-state index is 13.4. The minimum Gasteiger partial charge on any atom is -0.456 e. The van der Waals surface area contributed by atoms with Crippen molar-refractivity contribution in [1.29, 1.82) is 0 Å². The molecule has 0 N–H and O–H groups in total. The van der Waals surface area contributed by atoms with Crippen molar-refractivity contribution in [3.63, 3.8) is 0 Å². The van der Waals surface area contributed by atoms with E-state index in [0.29, 0.717) is 0 Å². The van der Waals surface area contributed by atoms with Crippen molar-refractivity contribution in [2.75, 3.05) is 0 Å². The summed E-state index contributed by atoms with van der Waals surface area (Å²) in [4.78, 5) is 11.6. The molecule has 17 heavy (non-hydrogen) atoms. The van der Waals surface area contributed by atoms with Crippen LogP contribution in [-0.2, 0) is 10.1 Å². The smallest absolute Gasteiger partial charge is 0.338 e. The summed E-state index contributed by atoms with van der Waals surface area (Å²) < 4.78 is 31.9. The monoisotopic (exact) mass is 306 g/mol. The molecule has 0 aliphatic carbocycles. The quantitative estimate of drug-likeness (QED) is 0.613. The molecule has 1 aromatic rings. The minimum absolute atomic E-state index is 0.0548. The molecule has 0 spiro atoms. The van der Waals surface area contributed by atoms with Crippen LogP contribution in [0.2, 0.25) is 0 Å². The molecule has 0 amide bonds. The molecule has 0 saturated heterocycles. The van der Waals surface area contributed by atoms with E-state index >= 15 is 0 Å². The van der Waals surface area contributed by atoms with Gasteiger partial charge in [0.15, 0.2) is 0 Å². The van der Waals surface area contributed by atoms with E-state index in [-0.39, 0.29) is 16.5 Å². The van der Waals surface area contributed by atoms with Crippen LogP contribution in [0.4, 0.5) is 8.78 Å². The predicted octanol–water partition coefficient (Wildman–Crippen LogP) is 3.82. The highest BCUT2D eigenvalue weighted by Gasteiger charge is 2.20. The van der Waals surface area contributed by atoms with Crippen LogP contribution in [0.5, 0.6) is 0 Å². The number of carbonyl (C=O) groups is 1. The molecule has 5 heteroatoms. The summed E-state index contributed by atoms with van der Waals surface area (Å²) in [5.74, 6) is -2.26. The van der Waals surface area contributed by atoms with Gasteiger partial charge in [-0.25, -0.2) is 13.6 Å². The Morgan fingerprint density at radius 3 is 2.12 bits per heavy atom. The molecule has 0 fully saturated rings. The van der Waals surface area contributed by atoms with E-state index in [1.165, 1.54) is 0 Å². The maximum atomic E-state index is 13.4. The SMILES string of the molecule is CC(C)(C)OC(=O)c1cc(F)c(CBr)c(F)c1. The highest BCUT2D eigenvalue weighted by molar-refractivity contribution is 9.08. The third-order valence-electron chi connectivity index (χ3n) is 1.91. The maximum Gasteiger partial charge on any atom is 0.338 e. The van der Waals surface area contributed by atoms with Gasteiger partial charge in [-0.15, -0.1) is 0 Å².